The van der Waals surface area contributed by atoms with Crippen molar-refractivity contribution >= 4 is 0 Å². The molecule has 2 aromatic rings. The molecule has 0 radical (unpaired) electrons. The summed E-state index contributed by atoms with van der Waals surface area (Å²) in [7, 11) is 0. The zero-order chi connectivity index (χ0) is 18.3. The van der Waals surface area contributed by atoms with E-state index in [0.717, 1.165) is 12.3 Å². The van der Waals surface area contributed by atoms with E-state index in [2.05, 4.69) is 60.8 Å². The summed E-state index contributed by atoms with van der Waals surface area (Å²) in [6.07, 6.45) is 7.59. The number of rotatable bonds is 4. The van der Waals surface area contributed by atoms with Gasteiger partial charge in [-0.15, -0.1) is 0 Å². The first-order chi connectivity index (χ1) is 13.1. The molecule has 0 amide bonds. The van der Waals surface area contributed by atoms with Crippen molar-refractivity contribution in [3.8, 4) is 0 Å². The maximum atomic E-state index is 9.90. The highest BCUT2D eigenvalue weighted by molar-refractivity contribution is 5.53. The minimum Gasteiger partial charge on any atom is -0.396 e. The van der Waals surface area contributed by atoms with Crippen LogP contribution in [-0.4, -0.2) is 11.7 Å². The van der Waals surface area contributed by atoms with Crippen LogP contribution in [0.5, 0.6) is 0 Å². The highest BCUT2D eigenvalue weighted by Gasteiger charge is 2.66. The van der Waals surface area contributed by atoms with Crippen molar-refractivity contribution in [1.29, 1.82) is 0 Å². The summed E-state index contributed by atoms with van der Waals surface area (Å²) < 4.78 is 0. The molecule has 0 spiro atoms. The van der Waals surface area contributed by atoms with Crippen LogP contribution in [-0.2, 0) is 16.5 Å². The molecule has 2 aromatic carbocycles. The zero-order valence-electron chi connectivity index (χ0n) is 16.2. The second kappa shape index (κ2) is 5.24. The van der Waals surface area contributed by atoms with Gasteiger partial charge in [-0.2, -0.15) is 0 Å². The monoisotopic (exact) mass is 360 g/mol. The lowest BCUT2D eigenvalue weighted by Crippen LogP contribution is -3.00. The van der Waals surface area contributed by atoms with Gasteiger partial charge in [0.05, 0.1) is 0 Å². The zero-order valence-corrected chi connectivity index (χ0v) is 16.2. The Hall–Kier alpha value is -1.64. The summed E-state index contributed by atoms with van der Waals surface area (Å²) in [5.41, 5.74) is 6.54. The molecule has 2 saturated carbocycles. The Morgan fingerprint density at radius 1 is 0.926 bits per heavy atom. The molecule has 2 nitrogen and oxygen atoms in total. The molecule has 2 fully saturated rings. The normalized spacial score (nSPS) is 38.4. The summed E-state index contributed by atoms with van der Waals surface area (Å²) >= 11 is 0. The van der Waals surface area contributed by atoms with Crippen LogP contribution >= 0.6 is 0 Å². The Morgan fingerprint density at radius 3 is 2.22 bits per heavy atom. The van der Waals surface area contributed by atoms with E-state index in [4.69, 9.17) is 0 Å². The Labute approximate surface area is 162 Å². The van der Waals surface area contributed by atoms with Gasteiger partial charge in [0.1, 0.15) is 11.1 Å². The number of nitrogens with two attached hydrogens (primary N) is 1. The fraction of sp³-hybridized carbons (Fsp3) is 0.520. The average Bonchev–Trinajstić information content (AvgIpc) is 3.59. The topological polar surface area (TPSA) is 36.8 Å². The smallest absolute Gasteiger partial charge is 0.146 e. The van der Waals surface area contributed by atoms with E-state index in [0.29, 0.717) is 12.5 Å². The van der Waals surface area contributed by atoms with Crippen molar-refractivity contribution in [3.63, 3.8) is 0 Å². The molecule has 2 heterocycles. The summed E-state index contributed by atoms with van der Waals surface area (Å²) in [6.45, 7) is 2.75. The molecule has 140 valence electrons. The van der Waals surface area contributed by atoms with E-state index in [1.807, 2.05) is 0 Å². The van der Waals surface area contributed by atoms with Gasteiger partial charge in [-0.25, -0.2) is 0 Å². The van der Waals surface area contributed by atoms with E-state index in [-0.39, 0.29) is 16.5 Å². The molecule has 6 rings (SSSR count). The van der Waals surface area contributed by atoms with Crippen LogP contribution in [0, 0.1) is 11.8 Å². The van der Waals surface area contributed by atoms with Crippen molar-refractivity contribution in [2.45, 2.75) is 61.9 Å². The number of hydrogen-bond acceptors (Lipinski definition) is 1. The van der Waals surface area contributed by atoms with Gasteiger partial charge in [0.15, 0.2) is 0 Å². The van der Waals surface area contributed by atoms with E-state index < -0.39 is 0 Å². The van der Waals surface area contributed by atoms with Gasteiger partial charge >= 0.3 is 0 Å². The maximum Gasteiger partial charge on any atom is 0.146 e. The standard InChI is InChI=1S/C25H29NO/c1-23-19-6-2-4-8-21(19)24(12-13-27)15-18(24)16-25(26-23,14-17-10-11-17)22-9-5-3-7-20(22)23/h2-9,17-18,26-27H,10-16H2,1H3/p+1/t18-,23-,24-,25?/m1/s1. The van der Waals surface area contributed by atoms with Crippen LogP contribution in [0.25, 0.3) is 0 Å². The van der Waals surface area contributed by atoms with Crippen LogP contribution < -0.4 is 5.32 Å². The minimum absolute atomic E-state index is 0.0158. The first-order valence-electron chi connectivity index (χ1n) is 10.8. The Kier molecular flexibility index (Phi) is 3.17. The molecular weight excluding hydrogens is 330 g/mol. The fourth-order valence-electron chi connectivity index (χ4n) is 6.99. The summed E-state index contributed by atoms with van der Waals surface area (Å²) in [5, 5.41) is 12.6. The highest BCUT2D eigenvalue weighted by atomic mass is 16.3. The van der Waals surface area contributed by atoms with Gasteiger partial charge in [-0.05, 0) is 50.0 Å². The second-order valence-electron chi connectivity index (χ2n) is 9.98. The highest BCUT2D eigenvalue weighted by Crippen LogP contribution is 2.65. The van der Waals surface area contributed by atoms with Gasteiger partial charge in [-0.3, -0.25) is 0 Å². The summed E-state index contributed by atoms with van der Waals surface area (Å²) in [6, 6.07) is 18.4. The van der Waals surface area contributed by atoms with Crippen LogP contribution in [0.2, 0.25) is 0 Å². The van der Waals surface area contributed by atoms with Crippen LogP contribution in [0.4, 0.5) is 0 Å². The van der Waals surface area contributed by atoms with E-state index in [1.54, 1.807) is 5.56 Å². The number of fused-ring (bicyclic) bond motifs is 9. The predicted octanol–water partition coefficient (Wildman–Crippen LogP) is 3.57. The first kappa shape index (κ1) is 16.3. The lowest BCUT2D eigenvalue weighted by atomic mass is 9.75. The third kappa shape index (κ3) is 2.09. The van der Waals surface area contributed by atoms with Crippen LogP contribution in [0.15, 0.2) is 48.5 Å². The molecular formula is C25H30NO+. The number of aliphatic hydroxyl groups excluding tert-OH is 1. The van der Waals surface area contributed by atoms with Crippen molar-refractivity contribution < 1.29 is 10.4 Å². The van der Waals surface area contributed by atoms with Gasteiger partial charge in [0.25, 0.3) is 0 Å². The molecule has 1 unspecified atom stereocenters. The van der Waals surface area contributed by atoms with Gasteiger partial charge in [-0.1, -0.05) is 48.5 Å². The molecule has 3 N–H and O–H groups in total. The van der Waals surface area contributed by atoms with E-state index in [9.17, 15) is 5.11 Å². The van der Waals surface area contributed by atoms with Crippen LogP contribution in [0.3, 0.4) is 0 Å². The van der Waals surface area contributed by atoms with Gasteiger partial charge in [0, 0.05) is 41.6 Å². The first-order valence-corrected chi connectivity index (χ1v) is 10.8. The molecule has 2 heteroatoms. The summed E-state index contributed by atoms with van der Waals surface area (Å²) in [4.78, 5) is 0. The molecule has 4 aliphatic rings. The Morgan fingerprint density at radius 2 is 1.56 bits per heavy atom. The van der Waals surface area contributed by atoms with E-state index in [1.165, 1.54) is 48.8 Å². The lowest BCUT2D eigenvalue weighted by molar-refractivity contribution is -0.787. The summed E-state index contributed by atoms with van der Waals surface area (Å²) in [5.74, 6) is 1.62. The largest absolute Gasteiger partial charge is 0.396 e. The lowest BCUT2D eigenvalue weighted by Gasteiger charge is -2.37. The van der Waals surface area contributed by atoms with Crippen molar-refractivity contribution in [2.24, 2.45) is 11.8 Å². The number of hydrogen-bond donors (Lipinski definition) is 2. The molecule has 0 aromatic heterocycles. The predicted molar refractivity (Wildman–Crippen MR) is 106 cm³/mol. The fourth-order valence-corrected chi connectivity index (χ4v) is 6.99. The number of benzene rings is 2. The third-order valence-electron chi connectivity index (χ3n) is 8.36. The number of quaternary nitrogens is 1. The SMILES string of the molecule is C[C@@]12[NH2+]C(CC3CC3)(C[C@H]3C[C@@]3(CCO)c3ccccc31)c1ccccc12. The minimum atomic E-state index is -0.0158. The van der Waals surface area contributed by atoms with Crippen molar-refractivity contribution in [1.82, 2.24) is 0 Å². The molecule has 27 heavy (non-hydrogen) atoms. The Balaban J connectivity index is 1.61. The third-order valence-corrected chi connectivity index (χ3v) is 8.36. The molecule has 2 bridgehead atoms. The molecule has 2 aliphatic carbocycles. The molecule has 2 aliphatic heterocycles. The molecule has 4 atom stereocenters. The second-order valence-corrected chi connectivity index (χ2v) is 9.98. The van der Waals surface area contributed by atoms with Gasteiger partial charge < -0.3 is 10.4 Å². The average molecular weight is 361 g/mol. The van der Waals surface area contributed by atoms with Crippen molar-refractivity contribution in [2.75, 3.05) is 6.61 Å². The van der Waals surface area contributed by atoms with E-state index >= 15 is 0 Å². The molecule has 0 saturated heterocycles. The Bertz CT molecular complexity index is 918. The number of aliphatic hydroxyl groups is 1. The van der Waals surface area contributed by atoms with Crippen molar-refractivity contribution in [3.05, 3.63) is 70.8 Å². The quantitative estimate of drug-likeness (QED) is 0.859. The maximum absolute atomic E-state index is 9.90. The van der Waals surface area contributed by atoms with Gasteiger partial charge in [0.2, 0.25) is 0 Å². The van der Waals surface area contributed by atoms with Crippen LogP contribution in [0.1, 0.15) is 67.7 Å².